The lowest BCUT2D eigenvalue weighted by atomic mass is 10.0. The van der Waals surface area contributed by atoms with E-state index in [0.29, 0.717) is 5.56 Å². The summed E-state index contributed by atoms with van der Waals surface area (Å²) in [6.07, 6.45) is -1.24. The molecule has 5 heteroatoms. The number of aliphatic hydroxyl groups is 1. The van der Waals surface area contributed by atoms with E-state index in [1.165, 1.54) is 0 Å². The summed E-state index contributed by atoms with van der Waals surface area (Å²) in [7, 11) is 0. The number of fused-ring (bicyclic) bond motifs is 1. The molecule has 0 saturated carbocycles. The average Bonchev–Trinajstić information content (AvgIpc) is 2.45. The van der Waals surface area contributed by atoms with Gasteiger partial charge in [-0.25, -0.2) is 9.78 Å². The molecular formula is C15H14ClNO3. The number of pyridine rings is 1. The summed E-state index contributed by atoms with van der Waals surface area (Å²) in [5, 5.41) is 11.2. The van der Waals surface area contributed by atoms with Crippen LogP contribution in [-0.4, -0.2) is 22.7 Å². The molecule has 0 spiro atoms. The van der Waals surface area contributed by atoms with Crippen LogP contribution in [0.25, 0.3) is 10.9 Å². The molecule has 0 aliphatic rings. The van der Waals surface area contributed by atoms with Crippen LogP contribution in [0.3, 0.4) is 0 Å². The standard InChI is InChI=1S/C15H14ClNO3/c1-3-20-15(19)9(2)13(18)11-8-10-6-4-5-7-12(10)17-14(11)16/h4-8,13,18H,2-3H2,1H3. The maximum absolute atomic E-state index is 11.6. The van der Waals surface area contributed by atoms with Crippen molar-refractivity contribution in [1.29, 1.82) is 0 Å². The Bertz CT molecular complexity index is 669. The number of ether oxygens (including phenoxy) is 1. The molecule has 2 aromatic rings. The minimum Gasteiger partial charge on any atom is -0.463 e. The molecule has 1 N–H and O–H groups in total. The summed E-state index contributed by atoms with van der Waals surface area (Å²) in [6, 6.07) is 9.06. The largest absolute Gasteiger partial charge is 0.463 e. The predicted molar refractivity (Wildman–Crippen MR) is 77.5 cm³/mol. The van der Waals surface area contributed by atoms with Gasteiger partial charge in [0.2, 0.25) is 0 Å². The van der Waals surface area contributed by atoms with Gasteiger partial charge in [0.05, 0.1) is 17.7 Å². The van der Waals surface area contributed by atoms with Crippen molar-refractivity contribution in [3.05, 3.63) is 53.2 Å². The van der Waals surface area contributed by atoms with Crippen molar-refractivity contribution in [2.75, 3.05) is 6.61 Å². The molecule has 0 aliphatic carbocycles. The number of aromatic nitrogens is 1. The first-order valence-electron chi connectivity index (χ1n) is 6.13. The molecule has 2 rings (SSSR count). The van der Waals surface area contributed by atoms with Gasteiger partial charge in [0.1, 0.15) is 11.3 Å². The van der Waals surface area contributed by atoms with Gasteiger partial charge in [0.25, 0.3) is 0 Å². The summed E-state index contributed by atoms with van der Waals surface area (Å²) in [4.78, 5) is 15.8. The molecule has 1 heterocycles. The Morgan fingerprint density at radius 1 is 1.50 bits per heavy atom. The van der Waals surface area contributed by atoms with E-state index in [1.54, 1.807) is 13.0 Å². The van der Waals surface area contributed by atoms with E-state index in [2.05, 4.69) is 11.6 Å². The highest BCUT2D eigenvalue weighted by Crippen LogP contribution is 2.29. The third kappa shape index (κ3) is 2.81. The van der Waals surface area contributed by atoms with E-state index in [1.807, 2.05) is 24.3 Å². The Morgan fingerprint density at radius 2 is 2.20 bits per heavy atom. The molecular weight excluding hydrogens is 278 g/mol. The first-order chi connectivity index (χ1) is 9.54. The second kappa shape index (κ2) is 6.03. The van der Waals surface area contributed by atoms with Gasteiger partial charge in [-0.05, 0) is 19.1 Å². The van der Waals surface area contributed by atoms with Crippen molar-refractivity contribution in [1.82, 2.24) is 4.98 Å². The van der Waals surface area contributed by atoms with Gasteiger partial charge >= 0.3 is 5.97 Å². The zero-order valence-corrected chi connectivity index (χ0v) is 11.7. The van der Waals surface area contributed by atoms with Gasteiger partial charge < -0.3 is 9.84 Å². The van der Waals surface area contributed by atoms with Crippen molar-refractivity contribution < 1.29 is 14.6 Å². The van der Waals surface area contributed by atoms with Crippen molar-refractivity contribution in [3.63, 3.8) is 0 Å². The maximum Gasteiger partial charge on any atom is 0.336 e. The fraction of sp³-hybridized carbons (Fsp3) is 0.200. The highest BCUT2D eigenvalue weighted by molar-refractivity contribution is 6.30. The SMILES string of the molecule is C=C(C(=O)OCC)C(O)c1cc2ccccc2nc1Cl. The highest BCUT2D eigenvalue weighted by Gasteiger charge is 2.22. The van der Waals surface area contributed by atoms with E-state index in [4.69, 9.17) is 16.3 Å². The second-order valence-electron chi connectivity index (χ2n) is 4.21. The van der Waals surface area contributed by atoms with E-state index >= 15 is 0 Å². The van der Waals surface area contributed by atoms with Crippen LogP contribution in [0.4, 0.5) is 0 Å². The minimum absolute atomic E-state index is 0.0640. The van der Waals surface area contributed by atoms with Crippen LogP contribution in [0.2, 0.25) is 5.15 Å². The van der Waals surface area contributed by atoms with Gasteiger partial charge in [-0.15, -0.1) is 0 Å². The molecule has 1 aromatic heterocycles. The molecule has 0 amide bonds. The number of hydrogen-bond acceptors (Lipinski definition) is 4. The van der Waals surface area contributed by atoms with Crippen molar-refractivity contribution >= 4 is 28.5 Å². The molecule has 0 radical (unpaired) electrons. The maximum atomic E-state index is 11.6. The third-order valence-corrected chi connectivity index (χ3v) is 3.17. The lowest BCUT2D eigenvalue weighted by molar-refractivity contribution is -0.139. The van der Waals surface area contributed by atoms with Crippen LogP contribution < -0.4 is 0 Å². The number of aliphatic hydroxyl groups excluding tert-OH is 1. The van der Waals surface area contributed by atoms with Gasteiger partial charge in [0.15, 0.2) is 0 Å². The third-order valence-electron chi connectivity index (χ3n) is 2.87. The number of rotatable bonds is 4. The Balaban J connectivity index is 2.39. The Morgan fingerprint density at radius 3 is 2.90 bits per heavy atom. The lowest BCUT2D eigenvalue weighted by Gasteiger charge is -2.14. The molecule has 20 heavy (non-hydrogen) atoms. The summed E-state index contributed by atoms with van der Waals surface area (Å²) < 4.78 is 4.81. The van der Waals surface area contributed by atoms with Gasteiger partial charge in [-0.3, -0.25) is 0 Å². The van der Waals surface area contributed by atoms with Crippen LogP contribution in [0.5, 0.6) is 0 Å². The molecule has 0 bridgehead atoms. The Hall–Kier alpha value is -1.91. The predicted octanol–water partition coefficient (Wildman–Crippen LogP) is 3.04. The fourth-order valence-electron chi connectivity index (χ4n) is 1.82. The summed E-state index contributed by atoms with van der Waals surface area (Å²) in [6.45, 7) is 5.46. The number of para-hydroxylation sites is 1. The van der Waals surface area contributed by atoms with E-state index in [-0.39, 0.29) is 17.3 Å². The molecule has 1 aromatic carbocycles. The van der Waals surface area contributed by atoms with Gasteiger partial charge in [-0.1, -0.05) is 36.4 Å². The van der Waals surface area contributed by atoms with Gasteiger partial charge in [0, 0.05) is 10.9 Å². The van der Waals surface area contributed by atoms with Crippen molar-refractivity contribution in [2.45, 2.75) is 13.0 Å². The molecule has 0 saturated heterocycles. The summed E-state index contributed by atoms with van der Waals surface area (Å²) >= 11 is 6.06. The monoisotopic (exact) mass is 291 g/mol. The first-order valence-corrected chi connectivity index (χ1v) is 6.51. The quantitative estimate of drug-likeness (QED) is 0.534. The zero-order valence-electron chi connectivity index (χ0n) is 11.0. The van der Waals surface area contributed by atoms with E-state index < -0.39 is 12.1 Å². The Labute approximate surface area is 121 Å². The number of halogens is 1. The fourth-order valence-corrected chi connectivity index (χ4v) is 2.07. The Kier molecular flexibility index (Phi) is 4.37. The number of carbonyl (C=O) groups is 1. The van der Waals surface area contributed by atoms with Crippen LogP contribution in [-0.2, 0) is 9.53 Å². The molecule has 0 fully saturated rings. The molecule has 4 nitrogen and oxygen atoms in total. The van der Waals surface area contributed by atoms with Crippen molar-refractivity contribution in [2.24, 2.45) is 0 Å². The van der Waals surface area contributed by atoms with Crippen LogP contribution in [0, 0.1) is 0 Å². The molecule has 104 valence electrons. The lowest BCUT2D eigenvalue weighted by Crippen LogP contribution is -2.14. The summed E-state index contributed by atoms with van der Waals surface area (Å²) in [5.74, 6) is -0.649. The average molecular weight is 292 g/mol. The number of carbonyl (C=O) groups excluding carboxylic acids is 1. The van der Waals surface area contributed by atoms with Crippen molar-refractivity contribution in [3.8, 4) is 0 Å². The van der Waals surface area contributed by atoms with Gasteiger partial charge in [-0.2, -0.15) is 0 Å². The minimum atomic E-state index is -1.24. The molecule has 1 unspecified atom stereocenters. The zero-order chi connectivity index (χ0) is 14.7. The topological polar surface area (TPSA) is 59.4 Å². The normalized spacial score (nSPS) is 12.2. The smallest absolute Gasteiger partial charge is 0.336 e. The molecule has 0 aliphatic heterocycles. The number of nitrogens with zero attached hydrogens (tertiary/aromatic N) is 1. The van der Waals surface area contributed by atoms with Crippen LogP contribution in [0.1, 0.15) is 18.6 Å². The number of esters is 1. The first kappa shape index (κ1) is 14.5. The number of benzene rings is 1. The summed E-state index contributed by atoms with van der Waals surface area (Å²) in [5.41, 5.74) is 0.990. The molecule has 1 atom stereocenters. The van der Waals surface area contributed by atoms with E-state index in [9.17, 15) is 9.90 Å². The van der Waals surface area contributed by atoms with E-state index in [0.717, 1.165) is 10.9 Å². The van der Waals surface area contributed by atoms with Crippen LogP contribution >= 0.6 is 11.6 Å². The highest BCUT2D eigenvalue weighted by atomic mass is 35.5. The van der Waals surface area contributed by atoms with Crippen LogP contribution in [0.15, 0.2) is 42.5 Å². The second-order valence-corrected chi connectivity index (χ2v) is 4.57. The number of hydrogen-bond donors (Lipinski definition) is 1.